The lowest BCUT2D eigenvalue weighted by Crippen LogP contribution is -2.39. The fourth-order valence-corrected chi connectivity index (χ4v) is 1.50. The van der Waals surface area contributed by atoms with Gasteiger partial charge in [-0.05, 0) is 24.5 Å². The van der Waals surface area contributed by atoms with E-state index in [1.54, 1.807) is 0 Å². The number of ether oxygens (including phenoxy) is 1. The largest absolute Gasteiger partial charge is 0.492 e. The van der Waals surface area contributed by atoms with Gasteiger partial charge in [-0.1, -0.05) is 25.1 Å². The van der Waals surface area contributed by atoms with E-state index in [4.69, 9.17) is 9.84 Å². The molecule has 0 aromatic heterocycles. The van der Waals surface area contributed by atoms with Crippen LogP contribution in [0.15, 0.2) is 30.3 Å². The first-order valence-electron chi connectivity index (χ1n) is 6.52. The molecular weight excluding hydrogens is 244 g/mol. The van der Waals surface area contributed by atoms with Crippen molar-refractivity contribution >= 4 is 6.03 Å². The van der Waals surface area contributed by atoms with Gasteiger partial charge < -0.3 is 20.5 Å². The molecule has 0 radical (unpaired) electrons. The van der Waals surface area contributed by atoms with Crippen molar-refractivity contribution < 1.29 is 14.6 Å². The molecule has 2 amide bonds. The molecule has 1 atom stereocenters. The number of hydrogen-bond acceptors (Lipinski definition) is 3. The standard InChI is InChI=1S/C14H22N2O3/c1-12(7-9-17)11-16-14(18)15-8-10-19-13-5-3-2-4-6-13/h2-6,12,17H,7-11H2,1H3,(H2,15,16,18). The highest BCUT2D eigenvalue weighted by atomic mass is 16.5. The van der Waals surface area contributed by atoms with Crippen LogP contribution in [-0.2, 0) is 0 Å². The van der Waals surface area contributed by atoms with Gasteiger partial charge in [-0.2, -0.15) is 0 Å². The zero-order valence-corrected chi connectivity index (χ0v) is 11.3. The molecule has 3 N–H and O–H groups in total. The van der Waals surface area contributed by atoms with Crippen molar-refractivity contribution in [2.24, 2.45) is 5.92 Å². The molecule has 1 aromatic rings. The third-order valence-electron chi connectivity index (χ3n) is 2.63. The summed E-state index contributed by atoms with van der Waals surface area (Å²) in [5.74, 6) is 1.07. The first kappa shape index (κ1) is 15.3. The van der Waals surface area contributed by atoms with Crippen molar-refractivity contribution in [3.8, 4) is 5.75 Å². The first-order chi connectivity index (χ1) is 9.22. The van der Waals surface area contributed by atoms with Gasteiger partial charge in [0.1, 0.15) is 12.4 Å². The number of para-hydroxylation sites is 1. The summed E-state index contributed by atoms with van der Waals surface area (Å²) in [6, 6.07) is 9.26. The van der Waals surface area contributed by atoms with Gasteiger partial charge in [-0.25, -0.2) is 4.79 Å². The van der Waals surface area contributed by atoms with Gasteiger partial charge in [-0.3, -0.25) is 0 Å². The smallest absolute Gasteiger partial charge is 0.314 e. The second kappa shape index (κ2) is 9.22. The van der Waals surface area contributed by atoms with Gasteiger partial charge in [0.25, 0.3) is 0 Å². The van der Waals surface area contributed by atoms with Crippen molar-refractivity contribution in [1.29, 1.82) is 0 Å². The summed E-state index contributed by atoms with van der Waals surface area (Å²) in [5, 5.41) is 14.2. The van der Waals surface area contributed by atoms with Gasteiger partial charge in [0.2, 0.25) is 0 Å². The summed E-state index contributed by atoms with van der Waals surface area (Å²) in [7, 11) is 0. The Hall–Kier alpha value is -1.75. The predicted molar refractivity (Wildman–Crippen MR) is 74.2 cm³/mol. The Morgan fingerprint density at radius 1 is 1.32 bits per heavy atom. The molecule has 0 fully saturated rings. The average molecular weight is 266 g/mol. The van der Waals surface area contributed by atoms with E-state index in [2.05, 4.69) is 10.6 Å². The lowest BCUT2D eigenvalue weighted by atomic mass is 10.1. The van der Waals surface area contributed by atoms with E-state index in [-0.39, 0.29) is 18.6 Å². The van der Waals surface area contributed by atoms with E-state index in [9.17, 15) is 4.79 Å². The number of carbonyl (C=O) groups excluding carboxylic acids is 1. The van der Waals surface area contributed by atoms with Crippen molar-refractivity contribution in [3.63, 3.8) is 0 Å². The minimum Gasteiger partial charge on any atom is -0.492 e. The maximum absolute atomic E-state index is 11.4. The van der Waals surface area contributed by atoms with Crippen LogP contribution in [-0.4, -0.2) is 37.4 Å². The zero-order chi connectivity index (χ0) is 13.9. The van der Waals surface area contributed by atoms with Crippen LogP contribution in [0.25, 0.3) is 0 Å². The van der Waals surface area contributed by atoms with E-state index in [0.717, 1.165) is 5.75 Å². The van der Waals surface area contributed by atoms with Crippen LogP contribution in [0.2, 0.25) is 0 Å². The highest BCUT2D eigenvalue weighted by Crippen LogP contribution is 2.07. The number of amides is 2. The molecule has 0 spiro atoms. The molecular formula is C14H22N2O3. The Balaban J connectivity index is 2.04. The number of urea groups is 1. The van der Waals surface area contributed by atoms with E-state index in [0.29, 0.717) is 26.1 Å². The van der Waals surface area contributed by atoms with Crippen molar-refractivity contribution in [2.45, 2.75) is 13.3 Å². The van der Waals surface area contributed by atoms with Crippen LogP contribution in [0.5, 0.6) is 5.75 Å². The van der Waals surface area contributed by atoms with Crippen LogP contribution < -0.4 is 15.4 Å². The number of nitrogens with one attached hydrogen (secondary N) is 2. The third-order valence-corrected chi connectivity index (χ3v) is 2.63. The fraction of sp³-hybridized carbons (Fsp3) is 0.500. The SMILES string of the molecule is CC(CCO)CNC(=O)NCCOc1ccccc1. The number of aliphatic hydroxyl groups is 1. The van der Waals surface area contributed by atoms with Gasteiger partial charge in [0.05, 0.1) is 6.54 Å². The Bertz CT molecular complexity index is 357. The highest BCUT2D eigenvalue weighted by Gasteiger charge is 2.04. The zero-order valence-electron chi connectivity index (χ0n) is 11.3. The van der Waals surface area contributed by atoms with Gasteiger partial charge in [0, 0.05) is 13.2 Å². The molecule has 1 aromatic carbocycles. The summed E-state index contributed by atoms with van der Waals surface area (Å²) >= 11 is 0. The van der Waals surface area contributed by atoms with E-state index in [1.165, 1.54) is 0 Å². The number of carbonyl (C=O) groups is 1. The Labute approximate surface area is 114 Å². The molecule has 0 aliphatic carbocycles. The number of rotatable bonds is 8. The molecule has 0 aliphatic rings. The predicted octanol–water partition coefficient (Wildman–Crippen LogP) is 1.38. The van der Waals surface area contributed by atoms with Crippen LogP contribution in [0.1, 0.15) is 13.3 Å². The first-order valence-corrected chi connectivity index (χ1v) is 6.52. The Morgan fingerprint density at radius 3 is 2.74 bits per heavy atom. The summed E-state index contributed by atoms with van der Waals surface area (Å²) < 4.78 is 5.44. The molecule has 1 unspecified atom stereocenters. The maximum Gasteiger partial charge on any atom is 0.314 e. The third kappa shape index (κ3) is 7.31. The number of hydrogen-bond donors (Lipinski definition) is 3. The quantitative estimate of drug-likeness (QED) is 0.623. The van der Waals surface area contributed by atoms with Crippen LogP contribution >= 0.6 is 0 Å². The second-order valence-corrected chi connectivity index (χ2v) is 4.42. The summed E-state index contributed by atoms with van der Waals surface area (Å²) in [5.41, 5.74) is 0. The summed E-state index contributed by atoms with van der Waals surface area (Å²) in [4.78, 5) is 11.4. The number of aliphatic hydroxyl groups excluding tert-OH is 1. The monoisotopic (exact) mass is 266 g/mol. The Morgan fingerprint density at radius 2 is 2.05 bits per heavy atom. The van der Waals surface area contributed by atoms with Crippen LogP contribution in [0, 0.1) is 5.92 Å². The lowest BCUT2D eigenvalue weighted by molar-refractivity contribution is 0.230. The van der Waals surface area contributed by atoms with Crippen molar-refractivity contribution in [3.05, 3.63) is 30.3 Å². The van der Waals surface area contributed by atoms with Crippen LogP contribution in [0.4, 0.5) is 4.79 Å². The van der Waals surface area contributed by atoms with Gasteiger partial charge >= 0.3 is 6.03 Å². The fourth-order valence-electron chi connectivity index (χ4n) is 1.50. The minimum atomic E-state index is -0.207. The van der Waals surface area contributed by atoms with Gasteiger partial charge in [0.15, 0.2) is 0 Å². The second-order valence-electron chi connectivity index (χ2n) is 4.42. The van der Waals surface area contributed by atoms with Crippen molar-refractivity contribution in [2.75, 3.05) is 26.3 Å². The molecule has 1 rings (SSSR count). The van der Waals surface area contributed by atoms with Gasteiger partial charge in [-0.15, -0.1) is 0 Å². The lowest BCUT2D eigenvalue weighted by Gasteiger charge is -2.12. The molecule has 5 heteroatoms. The van der Waals surface area contributed by atoms with E-state index >= 15 is 0 Å². The molecule has 0 bridgehead atoms. The normalized spacial score (nSPS) is 11.7. The molecule has 106 valence electrons. The molecule has 19 heavy (non-hydrogen) atoms. The van der Waals surface area contributed by atoms with Crippen molar-refractivity contribution in [1.82, 2.24) is 10.6 Å². The summed E-state index contributed by atoms with van der Waals surface area (Å²) in [6.07, 6.45) is 0.692. The maximum atomic E-state index is 11.4. The molecule has 0 heterocycles. The molecule has 5 nitrogen and oxygen atoms in total. The topological polar surface area (TPSA) is 70.6 Å². The minimum absolute atomic E-state index is 0.148. The Kier molecular flexibility index (Phi) is 7.43. The molecule has 0 saturated heterocycles. The number of benzene rings is 1. The molecule has 0 aliphatic heterocycles. The van der Waals surface area contributed by atoms with E-state index in [1.807, 2.05) is 37.3 Å². The molecule has 0 saturated carbocycles. The van der Waals surface area contributed by atoms with Crippen LogP contribution in [0.3, 0.4) is 0 Å². The van der Waals surface area contributed by atoms with E-state index < -0.39 is 0 Å². The highest BCUT2D eigenvalue weighted by molar-refractivity contribution is 5.73. The summed E-state index contributed by atoms with van der Waals surface area (Å²) in [6.45, 7) is 3.58. The average Bonchev–Trinajstić information content (AvgIpc) is 2.43.